The Labute approximate surface area is 150 Å². The third-order valence-corrected chi connectivity index (χ3v) is 4.42. The van der Waals surface area contributed by atoms with Crippen LogP contribution in [0.3, 0.4) is 0 Å². The smallest absolute Gasteiger partial charge is 0.352 e. The highest BCUT2D eigenvalue weighted by atomic mass is 16.5. The summed E-state index contributed by atoms with van der Waals surface area (Å²) in [6, 6.07) is 6.72. The van der Waals surface area contributed by atoms with Gasteiger partial charge in [-0.15, -0.1) is 0 Å². The molecule has 1 aromatic heterocycles. The van der Waals surface area contributed by atoms with Crippen LogP contribution in [-0.4, -0.2) is 45.4 Å². The molecule has 8 heteroatoms. The number of carbonyl (C=O) groups excluding carboxylic acids is 1. The quantitative estimate of drug-likeness (QED) is 0.797. The van der Waals surface area contributed by atoms with Crippen molar-refractivity contribution < 1.29 is 9.53 Å². The second-order valence-corrected chi connectivity index (χ2v) is 6.20. The summed E-state index contributed by atoms with van der Waals surface area (Å²) in [6.07, 6.45) is 2.42. The summed E-state index contributed by atoms with van der Waals surface area (Å²) in [6.45, 7) is 3.31. The first-order valence-electron chi connectivity index (χ1n) is 8.74. The second-order valence-electron chi connectivity index (χ2n) is 6.20. The molecule has 3 rings (SSSR count). The fraction of sp³-hybridized carbons (Fsp3) is 0.444. The van der Waals surface area contributed by atoms with Gasteiger partial charge in [-0.2, -0.15) is 9.78 Å². The Morgan fingerprint density at radius 2 is 1.81 bits per heavy atom. The van der Waals surface area contributed by atoms with Crippen LogP contribution < -0.4 is 16.0 Å². The minimum Gasteiger partial charge on any atom is -0.497 e. The predicted octanol–water partition coefficient (Wildman–Crippen LogP) is 1.05. The molecule has 0 aliphatic carbocycles. The summed E-state index contributed by atoms with van der Waals surface area (Å²) in [5, 5.41) is 4.12. The monoisotopic (exact) mass is 358 g/mol. The number of hydrogen-bond acceptors (Lipinski definition) is 5. The number of ether oxygens (including phenoxy) is 1. The van der Waals surface area contributed by atoms with E-state index in [-0.39, 0.29) is 12.2 Å². The normalized spacial score (nSPS) is 13.8. The number of benzene rings is 1. The minimum atomic E-state index is -0.626. The van der Waals surface area contributed by atoms with Crippen LogP contribution in [0, 0.1) is 0 Å². The van der Waals surface area contributed by atoms with Crippen molar-refractivity contribution in [2.75, 3.05) is 20.2 Å². The van der Waals surface area contributed by atoms with Gasteiger partial charge in [-0.3, -0.25) is 14.2 Å². The Balaban J connectivity index is 2.15. The molecular formula is C18H22N4O4. The maximum Gasteiger partial charge on any atom is 0.352 e. The van der Waals surface area contributed by atoms with Crippen LogP contribution in [0.5, 0.6) is 5.75 Å². The Hall–Kier alpha value is -2.90. The molecule has 1 aliphatic heterocycles. The van der Waals surface area contributed by atoms with E-state index in [9.17, 15) is 14.4 Å². The summed E-state index contributed by atoms with van der Waals surface area (Å²) in [4.78, 5) is 39.8. The van der Waals surface area contributed by atoms with Gasteiger partial charge < -0.3 is 9.64 Å². The predicted molar refractivity (Wildman–Crippen MR) is 96.1 cm³/mol. The molecule has 0 saturated carbocycles. The molecular weight excluding hydrogens is 336 g/mol. The molecule has 26 heavy (non-hydrogen) atoms. The fourth-order valence-corrected chi connectivity index (χ4v) is 3.03. The molecule has 1 fully saturated rings. The van der Waals surface area contributed by atoms with Gasteiger partial charge >= 0.3 is 5.69 Å². The standard InChI is InChI=1S/C18H22N4O4/c1-3-10-21-17(24)15(16(23)20-11-4-5-12-20)19-22(18(21)25)13-6-8-14(26-2)9-7-13/h6-9H,3-5,10-12H2,1-2H3. The molecule has 138 valence electrons. The summed E-state index contributed by atoms with van der Waals surface area (Å²) in [7, 11) is 1.55. The minimum absolute atomic E-state index is 0.212. The zero-order chi connectivity index (χ0) is 18.7. The van der Waals surface area contributed by atoms with Gasteiger partial charge in [-0.25, -0.2) is 4.79 Å². The van der Waals surface area contributed by atoms with E-state index in [4.69, 9.17) is 4.74 Å². The van der Waals surface area contributed by atoms with E-state index in [0.29, 0.717) is 30.9 Å². The molecule has 1 aliphatic rings. The maximum absolute atomic E-state index is 12.7. The van der Waals surface area contributed by atoms with Crippen molar-refractivity contribution in [3.8, 4) is 11.4 Å². The number of likely N-dealkylation sites (tertiary alicyclic amines) is 1. The van der Waals surface area contributed by atoms with Gasteiger partial charge in [0.2, 0.25) is 5.69 Å². The average molecular weight is 358 g/mol. The van der Waals surface area contributed by atoms with Crippen LogP contribution >= 0.6 is 0 Å². The highest BCUT2D eigenvalue weighted by molar-refractivity contribution is 5.92. The van der Waals surface area contributed by atoms with Crippen LogP contribution in [-0.2, 0) is 6.54 Å². The van der Waals surface area contributed by atoms with E-state index in [2.05, 4.69) is 5.10 Å². The lowest BCUT2D eigenvalue weighted by Crippen LogP contribution is -2.46. The molecule has 2 aromatic rings. The Kier molecular flexibility index (Phi) is 5.20. The first-order chi connectivity index (χ1) is 12.6. The summed E-state index contributed by atoms with van der Waals surface area (Å²) < 4.78 is 7.32. The highest BCUT2D eigenvalue weighted by Crippen LogP contribution is 2.13. The average Bonchev–Trinajstić information content (AvgIpc) is 3.20. The molecule has 1 saturated heterocycles. The van der Waals surface area contributed by atoms with Crippen LogP contribution in [0.2, 0.25) is 0 Å². The largest absolute Gasteiger partial charge is 0.497 e. The van der Waals surface area contributed by atoms with E-state index in [1.807, 2.05) is 6.92 Å². The van der Waals surface area contributed by atoms with Crippen molar-refractivity contribution >= 4 is 5.91 Å². The number of nitrogens with zero attached hydrogens (tertiary/aromatic N) is 4. The van der Waals surface area contributed by atoms with E-state index in [1.54, 1.807) is 36.3 Å². The number of amides is 1. The summed E-state index contributed by atoms with van der Waals surface area (Å²) in [5.74, 6) is 0.219. The topological polar surface area (TPSA) is 86.4 Å². The lowest BCUT2D eigenvalue weighted by molar-refractivity contribution is 0.0781. The van der Waals surface area contributed by atoms with Gasteiger partial charge in [0.25, 0.3) is 11.5 Å². The maximum atomic E-state index is 12.7. The van der Waals surface area contributed by atoms with Gasteiger partial charge in [-0.05, 0) is 43.5 Å². The van der Waals surface area contributed by atoms with Gasteiger partial charge in [0.15, 0.2) is 0 Å². The van der Waals surface area contributed by atoms with E-state index in [1.165, 1.54) is 0 Å². The van der Waals surface area contributed by atoms with Crippen LogP contribution in [0.4, 0.5) is 0 Å². The number of rotatable bonds is 5. The Morgan fingerprint density at radius 3 is 2.38 bits per heavy atom. The van der Waals surface area contributed by atoms with Crippen LogP contribution in [0.1, 0.15) is 36.7 Å². The van der Waals surface area contributed by atoms with Crippen LogP contribution in [0.15, 0.2) is 33.9 Å². The van der Waals surface area contributed by atoms with Crippen molar-refractivity contribution in [1.82, 2.24) is 19.2 Å². The van der Waals surface area contributed by atoms with Gasteiger partial charge in [-0.1, -0.05) is 6.92 Å². The fourth-order valence-electron chi connectivity index (χ4n) is 3.03. The molecule has 1 amide bonds. The van der Waals surface area contributed by atoms with Crippen molar-refractivity contribution in [3.05, 3.63) is 50.8 Å². The van der Waals surface area contributed by atoms with E-state index >= 15 is 0 Å². The molecule has 8 nitrogen and oxygen atoms in total. The zero-order valence-electron chi connectivity index (χ0n) is 15.0. The molecule has 0 N–H and O–H groups in total. The van der Waals surface area contributed by atoms with Crippen molar-refractivity contribution in [2.24, 2.45) is 0 Å². The van der Waals surface area contributed by atoms with Crippen molar-refractivity contribution in [2.45, 2.75) is 32.7 Å². The third-order valence-electron chi connectivity index (χ3n) is 4.42. The Morgan fingerprint density at radius 1 is 1.15 bits per heavy atom. The first-order valence-corrected chi connectivity index (χ1v) is 8.74. The first kappa shape index (κ1) is 17.9. The second kappa shape index (κ2) is 7.55. The molecule has 0 bridgehead atoms. The SMILES string of the molecule is CCCn1c(=O)c(C(=O)N2CCCC2)nn(-c2ccc(OC)cc2)c1=O. The molecule has 0 radical (unpaired) electrons. The zero-order valence-corrected chi connectivity index (χ0v) is 15.0. The van der Waals surface area contributed by atoms with Gasteiger partial charge in [0.05, 0.1) is 12.8 Å². The van der Waals surface area contributed by atoms with Crippen LogP contribution in [0.25, 0.3) is 5.69 Å². The third kappa shape index (κ3) is 3.26. The molecule has 0 atom stereocenters. The van der Waals surface area contributed by atoms with Gasteiger partial charge in [0, 0.05) is 19.6 Å². The van der Waals surface area contributed by atoms with Crippen molar-refractivity contribution in [1.29, 1.82) is 0 Å². The van der Waals surface area contributed by atoms with E-state index < -0.39 is 17.2 Å². The molecule has 1 aromatic carbocycles. The summed E-state index contributed by atoms with van der Waals surface area (Å²) in [5.41, 5.74) is -0.926. The molecule has 0 unspecified atom stereocenters. The van der Waals surface area contributed by atoms with Crippen molar-refractivity contribution in [3.63, 3.8) is 0 Å². The molecule has 2 heterocycles. The lowest BCUT2D eigenvalue weighted by Gasteiger charge is -2.16. The molecule has 0 spiro atoms. The Bertz CT molecular complexity index is 908. The highest BCUT2D eigenvalue weighted by Gasteiger charge is 2.26. The number of aromatic nitrogens is 3. The lowest BCUT2D eigenvalue weighted by atomic mass is 10.3. The number of carbonyl (C=O) groups is 1. The van der Waals surface area contributed by atoms with E-state index in [0.717, 1.165) is 22.1 Å². The number of methoxy groups -OCH3 is 1. The number of hydrogen-bond donors (Lipinski definition) is 0. The van der Waals surface area contributed by atoms with Gasteiger partial charge in [0.1, 0.15) is 5.75 Å². The summed E-state index contributed by atoms with van der Waals surface area (Å²) >= 11 is 0.